The van der Waals surface area contributed by atoms with Crippen molar-refractivity contribution in [1.29, 1.82) is 0 Å². The van der Waals surface area contributed by atoms with Gasteiger partial charge in [0.05, 0.1) is 43.6 Å². The number of methoxy groups -OCH3 is 3. The Hall–Kier alpha value is -4.45. The van der Waals surface area contributed by atoms with E-state index in [1.807, 2.05) is 113 Å². The molecule has 206 valence electrons. The van der Waals surface area contributed by atoms with Crippen molar-refractivity contribution >= 4 is 28.7 Å². The zero-order valence-corrected chi connectivity index (χ0v) is 24.1. The van der Waals surface area contributed by atoms with Crippen molar-refractivity contribution in [3.05, 3.63) is 107 Å². The first-order chi connectivity index (χ1) is 19.0. The molecule has 0 radical (unpaired) electrons. The van der Waals surface area contributed by atoms with Crippen LogP contribution in [0.5, 0.6) is 11.5 Å². The lowest BCUT2D eigenvalue weighted by Crippen LogP contribution is -2.42. The molecule has 0 aromatic heterocycles. The summed E-state index contributed by atoms with van der Waals surface area (Å²) in [7, 11) is 4.61. The van der Waals surface area contributed by atoms with Gasteiger partial charge in [0.1, 0.15) is 11.5 Å². The topological polar surface area (TPSA) is 74.2 Å². The van der Waals surface area contributed by atoms with E-state index in [2.05, 4.69) is 0 Å². The monoisotopic (exact) mass is 537 g/mol. The maximum atomic E-state index is 13.8. The van der Waals surface area contributed by atoms with Gasteiger partial charge in [-0.15, -0.1) is 0 Å². The summed E-state index contributed by atoms with van der Waals surface area (Å²) in [6.45, 7) is 7.47. The standard InChI is InChI=1S/C34H35NO5/c1-33(2)28(21-27(22-11-9-8-10-12-22)34(3,4)32(37)40-7)29(31(33)36)30(23-13-17-25(38-5)18-14-23)35-24-15-19-26(39-6)20-16-24/h8-21H,1-7H3/b27-21-,35-30?. The van der Waals surface area contributed by atoms with E-state index in [0.717, 1.165) is 22.3 Å². The van der Waals surface area contributed by atoms with Crippen molar-refractivity contribution in [2.45, 2.75) is 27.7 Å². The van der Waals surface area contributed by atoms with Crippen LogP contribution in [0.3, 0.4) is 0 Å². The third kappa shape index (κ3) is 5.34. The lowest BCUT2D eigenvalue weighted by Gasteiger charge is -2.39. The van der Waals surface area contributed by atoms with Crippen LogP contribution < -0.4 is 9.47 Å². The number of allylic oxidation sites excluding steroid dienone is 3. The quantitative estimate of drug-likeness (QED) is 0.217. The van der Waals surface area contributed by atoms with Gasteiger partial charge in [0, 0.05) is 11.1 Å². The van der Waals surface area contributed by atoms with Crippen molar-refractivity contribution in [2.75, 3.05) is 21.3 Å². The van der Waals surface area contributed by atoms with Crippen molar-refractivity contribution in [3.8, 4) is 11.5 Å². The summed E-state index contributed by atoms with van der Waals surface area (Å²) in [4.78, 5) is 31.7. The lowest BCUT2D eigenvalue weighted by molar-refractivity contribution is -0.147. The zero-order chi connectivity index (χ0) is 29.1. The van der Waals surface area contributed by atoms with E-state index < -0.39 is 10.8 Å². The van der Waals surface area contributed by atoms with E-state index in [4.69, 9.17) is 19.2 Å². The number of esters is 1. The number of ketones is 1. The highest BCUT2D eigenvalue weighted by atomic mass is 16.5. The minimum absolute atomic E-state index is 0.0230. The van der Waals surface area contributed by atoms with Gasteiger partial charge in [0.15, 0.2) is 5.78 Å². The number of aliphatic imine (C=N–C) groups is 1. The molecule has 0 heterocycles. The van der Waals surface area contributed by atoms with Gasteiger partial charge in [-0.1, -0.05) is 36.4 Å². The van der Waals surface area contributed by atoms with E-state index >= 15 is 0 Å². The molecule has 0 bridgehead atoms. The van der Waals surface area contributed by atoms with Crippen molar-refractivity contribution in [3.63, 3.8) is 0 Å². The number of hydrogen-bond donors (Lipinski definition) is 0. The number of benzene rings is 3. The molecule has 1 aliphatic carbocycles. The summed E-state index contributed by atoms with van der Waals surface area (Å²) in [5.41, 5.74) is 3.19. The SMILES string of the molecule is COC(=O)C(C)(C)/C(=C\C1=C(C(=Nc2ccc(OC)cc2)c2ccc(OC)cc2)C(=O)C1(C)C)c1ccccc1. The summed E-state index contributed by atoms with van der Waals surface area (Å²) < 4.78 is 15.8. The molecular formula is C34H35NO5. The van der Waals surface area contributed by atoms with Crippen LogP contribution in [-0.2, 0) is 14.3 Å². The maximum absolute atomic E-state index is 13.8. The van der Waals surface area contributed by atoms with Gasteiger partial charge in [-0.2, -0.15) is 0 Å². The van der Waals surface area contributed by atoms with Crippen LogP contribution in [0, 0.1) is 10.8 Å². The van der Waals surface area contributed by atoms with Crippen LogP contribution in [0.4, 0.5) is 5.69 Å². The molecule has 3 aromatic carbocycles. The smallest absolute Gasteiger partial charge is 0.315 e. The van der Waals surface area contributed by atoms with Gasteiger partial charge in [0.2, 0.25) is 0 Å². The van der Waals surface area contributed by atoms with Crippen LogP contribution >= 0.6 is 0 Å². The second-order valence-corrected chi connectivity index (χ2v) is 10.7. The van der Waals surface area contributed by atoms with Crippen LogP contribution in [0.2, 0.25) is 0 Å². The number of carbonyl (C=O) groups is 2. The predicted octanol–water partition coefficient (Wildman–Crippen LogP) is 7.01. The Balaban J connectivity index is 2.00. The highest BCUT2D eigenvalue weighted by Crippen LogP contribution is 2.48. The molecule has 0 aliphatic heterocycles. The molecule has 0 amide bonds. The Kier molecular flexibility index (Phi) is 8.10. The van der Waals surface area contributed by atoms with Crippen molar-refractivity contribution in [1.82, 2.24) is 0 Å². The summed E-state index contributed by atoms with van der Waals surface area (Å²) in [6.07, 6.45) is 1.97. The molecule has 0 atom stereocenters. The Morgan fingerprint density at radius 3 is 1.88 bits per heavy atom. The number of rotatable bonds is 9. The molecule has 40 heavy (non-hydrogen) atoms. The fourth-order valence-corrected chi connectivity index (χ4v) is 4.85. The molecule has 6 nitrogen and oxygen atoms in total. The van der Waals surface area contributed by atoms with Gasteiger partial charge in [-0.25, -0.2) is 4.99 Å². The van der Waals surface area contributed by atoms with E-state index in [9.17, 15) is 9.59 Å². The lowest BCUT2D eigenvalue weighted by atomic mass is 9.61. The highest BCUT2D eigenvalue weighted by molar-refractivity contribution is 6.36. The number of Topliss-reactive ketones (excluding diaryl/α,β-unsaturated/α-hetero) is 1. The molecule has 0 unspecified atom stereocenters. The summed E-state index contributed by atoms with van der Waals surface area (Å²) >= 11 is 0. The van der Waals surface area contributed by atoms with Gasteiger partial charge >= 0.3 is 5.97 Å². The first-order valence-corrected chi connectivity index (χ1v) is 13.1. The van der Waals surface area contributed by atoms with Crippen molar-refractivity contribution in [2.24, 2.45) is 15.8 Å². The largest absolute Gasteiger partial charge is 0.497 e. The first kappa shape index (κ1) is 28.6. The van der Waals surface area contributed by atoms with Crippen LogP contribution in [0.15, 0.2) is 101 Å². The summed E-state index contributed by atoms with van der Waals surface area (Å²) in [6, 6.07) is 24.5. The molecule has 0 saturated carbocycles. The molecule has 0 fully saturated rings. The molecule has 6 heteroatoms. The average Bonchev–Trinajstić information content (AvgIpc) is 2.98. The molecule has 3 aromatic rings. The molecule has 0 saturated heterocycles. The van der Waals surface area contributed by atoms with Crippen LogP contribution in [-0.4, -0.2) is 38.8 Å². The Morgan fingerprint density at radius 2 is 1.35 bits per heavy atom. The minimum atomic E-state index is -0.976. The van der Waals surface area contributed by atoms with Crippen LogP contribution in [0.25, 0.3) is 5.57 Å². The molecule has 1 aliphatic rings. The van der Waals surface area contributed by atoms with E-state index in [-0.39, 0.29) is 11.8 Å². The van der Waals surface area contributed by atoms with Crippen LogP contribution in [0.1, 0.15) is 38.8 Å². The summed E-state index contributed by atoms with van der Waals surface area (Å²) in [5, 5.41) is 0. The van der Waals surface area contributed by atoms with Gasteiger partial charge in [-0.05, 0) is 92.9 Å². The highest BCUT2D eigenvalue weighted by Gasteiger charge is 2.48. The van der Waals surface area contributed by atoms with E-state index in [0.29, 0.717) is 28.5 Å². The maximum Gasteiger partial charge on any atom is 0.315 e. The second kappa shape index (κ2) is 11.3. The molecular weight excluding hydrogens is 502 g/mol. The number of hydrogen-bond acceptors (Lipinski definition) is 6. The van der Waals surface area contributed by atoms with E-state index in [1.54, 1.807) is 14.2 Å². The number of carbonyl (C=O) groups excluding carboxylic acids is 2. The molecule has 0 spiro atoms. The average molecular weight is 538 g/mol. The fraction of sp³-hybridized carbons (Fsp3) is 0.265. The predicted molar refractivity (Wildman–Crippen MR) is 158 cm³/mol. The third-order valence-electron chi connectivity index (χ3n) is 7.39. The van der Waals surface area contributed by atoms with Gasteiger partial charge < -0.3 is 14.2 Å². The van der Waals surface area contributed by atoms with Gasteiger partial charge in [0.25, 0.3) is 0 Å². The first-order valence-electron chi connectivity index (χ1n) is 13.1. The fourth-order valence-electron chi connectivity index (χ4n) is 4.85. The molecule has 0 N–H and O–H groups in total. The van der Waals surface area contributed by atoms with Crippen molar-refractivity contribution < 1.29 is 23.8 Å². The second-order valence-electron chi connectivity index (χ2n) is 10.7. The Bertz CT molecular complexity index is 1490. The minimum Gasteiger partial charge on any atom is -0.497 e. The van der Waals surface area contributed by atoms with E-state index in [1.165, 1.54) is 7.11 Å². The number of ether oxygens (including phenoxy) is 3. The summed E-state index contributed by atoms with van der Waals surface area (Å²) in [5.74, 6) is 1.03. The number of nitrogens with zero attached hydrogens (tertiary/aromatic N) is 1. The zero-order valence-electron chi connectivity index (χ0n) is 24.1. The third-order valence-corrected chi connectivity index (χ3v) is 7.39. The van der Waals surface area contributed by atoms with Gasteiger partial charge in [-0.3, -0.25) is 9.59 Å². The molecule has 4 rings (SSSR count). The Labute approximate surface area is 236 Å². The normalized spacial score (nSPS) is 15.4. The Morgan fingerprint density at radius 1 is 0.800 bits per heavy atom.